The monoisotopic (exact) mass is 823 g/mol. The van der Waals surface area contributed by atoms with Crippen LogP contribution in [0.25, 0.3) is 54.9 Å². The Morgan fingerprint density at radius 2 is 1.50 bits per heavy atom. The predicted octanol–water partition coefficient (Wildman–Crippen LogP) is 12.3. The summed E-state index contributed by atoms with van der Waals surface area (Å²) in [4.78, 5) is 16.9. The zero-order valence-corrected chi connectivity index (χ0v) is 32.1. The molecular weight excluding hydrogens is 775 g/mol. The summed E-state index contributed by atoms with van der Waals surface area (Å²) in [7, 11) is 0. The Labute approximate surface area is 298 Å². The van der Waals surface area contributed by atoms with Crippen LogP contribution in [0.5, 0.6) is 0 Å². The van der Waals surface area contributed by atoms with Gasteiger partial charge in [-0.2, -0.15) is 0 Å². The molecule has 6 heteroatoms. The number of furan rings is 2. The van der Waals surface area contributed by atoms with E-state index in [0.717, 1.165) is 75.2 Å². The third-order valence-electron chi connectivity index (χ3n) is 10.4. The van der Waals surface area contributed by atoms with Crippen LogP contribution in [-0.4, -0.2) is 15.9 Å². The standard InChI is InChI=1S/C27H20NO2.C15H28O2.Ir/c1-27(2,3)22-14-18(12-16-6-4-5-7-19(16)22)25-26-20(8-10-28-25)21-13-17-9-11-29-23(17)15-24(21)30-26;1-7-14(5,8-2)12(16)11-13(17)15(6,9-3)10-4;/h4-11,13-15H,1-3H3;11,16H,7-10H2,1-6H3;/q-1;;/b;12-11-;. The molecule has 0 aliphatic rings. The first-order valence-corrected chi connectivity index (χ1v) is 16.9. The number of allylic oxidation sites excluding steroid dienone is 2. The number of ketones is 1. The first-order chi connectivity index (χ1) is 22.3. The van der Waals surface area contributed by atoms with Crippen molar-refractivity contribution >= 4 is 49.5 Å². The molecule has 0 amide bonds. The molecule has 0 saturated heterocycles. The number of benzene rings is 3. The smallest absolute Gasteiger partial charge is 0.164 e. The maximum absolute atomic E-state index is 12.2. The topological polar surface area (TPSA) is 76.5 Å². The van der Waals surface area contributed by atoms with Crippen LogP contribution >= 0.6 is 0 Å². The molecule has 0 atom stereocenters. The van der Waals surface area contributed by atoms with E-state index in [9.17, 15) is 9.90 Å². The van der Waals surface area contributed by atoms with Gasteiger partial charge in [0.05, 0.1) is 6.26 Å². The van der Waals surface area contributed by atoms with Crippen molar-refractivity contribution in [1.29, 1.82) is 0 Å². The summed E-state index contributed by atoms with van der Waals surface area (Å²) in [5, 5.41) is 15.6. The molecule has 0 spiro atoms. The quantitative estimate of drug-likeness (QED) is 0.0940. The van der Waals surface area contributed by atoms with Crippen molar-refractivity contribution < 1.29 is 38.8 Å². The molecule has 3 aromatic heterocycles. The van der Waals surface area contributed by atoms with Gasteiger partial charge < -0.3 is 13.9 Å². The fourth-order valence-electron chi connectivity index (χ4n) is 6.01. The van der Waals surface area contributed by atoms with Crippen LogP contribution in [0.4, 0.5) is 0 Å². The number of fused-ring (bicyclic) bond motifs is 5. The van der Waals surface area contributed by atoms with Gasteiger partial charge in [0.15, 0.2) is 5.78 Å². The number of aliphatic hydroxyl groups is 1. The number of nitrogens with zero attached hydrogens (tertiary/aromatic N) is 1. The zero-order valence-electron chi connectivity index (χ0n) is 29.7. The van der Waals surface area contributed by atoms with E-state index in [2.05, 4.69) is 63.2 Å². The summed E-state index contributed by atoms with van der Waals surface area (Å²) in [6.45, 7) is 18.8. The van der Waals surface area contributed by atoms with E-state index in [4.69, 9.17) is 13.8 Å². The molecule has 0 bridgehead atoms. The Bertz CT molecular complexity index is 2080. The predicted molar refractivity (Wildman–Crippen MR) is 195 cm³/mol. The molecule has 0 fully saturated rings. The minimum atomic E-state index is -0.337. The second-order valence-electron chi connectivity index (χ2n) is 14.3. The summed E-state index contributed by atoms with van der Waals surface area (Å²) in [6, 6.07) is 22.3. The van der Waals surface area contributed by atoms with Crippen molar-refractivity contribution in [3.63, 3.8) is 0 Å². The Morgan fingerprint density at radius 1 is 0.833 bits per heavy atom. The molecule has 0 unspecified atom stereocenters. The van der Waals surface area contributed by atoms with Crippen molar-refractivity contribution in [2.45, 2.75) is 93.4 Å². The zero-order chi connectivity index (χ0) is 34.1. The molecule has 0 aliphatic carbocycles. The SMILES string of the molecule is CC(C)(C)c1cc(-c2nccc3c2oc2cc4occc4cc23)[c-]c2ccccc12.CCC(C)(CC)C(=O)/C=C(\O)C(C)(CC)CC.[Ir]. The molecule has 6 rings (SSSR count). The van der Waals surface area contributed by atoms with Gasteiger partial charge >= 0.3 is 0 Å². The molecule has 0 aliphatic heterocycles. The number of pyridine rings is 1. The third kappa shape index (κ3) is 7.02. The molecule has 1 N–H and O–H groups in total. The second kappa shape index (κ2) is 14.4. The number of aromatic nitrogens is 1. The van der Waals surface area contributed by atoms with Crippen molar-refractivity contribution in [2.24, 2.45) is 10.8 Å². The Hall–Kier alpha value is -3.73. The number of rotatable bonds is 8. The normalized spacial score (nSPS) is 12.7. The van der Waals surface area contributed by atoms with E-state index in [1.165, 1.54) is 17.0 Å². The van der Waals surface area contributed by atoms with E-state index >= 15 is 0 Å². The third-order valence-corrected chi connectivity index (χ3v) is 10.4. The fraction of sp³-hybridized carbons (Fsp3) is 0.381. The molecular formula is C42H48IrNO4-. The number of hydrogen-bond acceptors (Lipinski definition) is 5. The van der Waals surface area contributed by atoms with Crippen LogP contribution in [0.1, 0.15) is 93.6 Å². The Morgan fingerprint density at radius 3 is 2.15 bits per heavy atom. The van der Waals surface area contributed by atoms with Crippen LogP contribution in [0.3, 0.4) is 0 Å². The van der Waals surface area contributed by atoms with Gasteiger partial charge in [0.2, 0.25) is 0 Å². The van der Waals surface area contributed by atoms with Crippen molar-refractivity contribution in [1.82, 2.24) is 4.98 Å². The van der Waals surface area contributed by atoms with Crippen LogP contribution in [0.2, 0.25) is 0 Å². The molecule has 0 saturated carbocycles. The van der Waals surface area contributed by atoms with Crippen molar-refractivity contribution in [2.75, 3.05) is 0 Å². The molecule has 6 aromatic rings. The summed E-state index contributed by atoms with van der Waals surface area (Å²) >= 11 is 0. The maximum atomic E-state index is 12.2. The van der Waals surface area contributed by atoms with Crippen LogP contribution < -0.4 is 0 Å². The van der Waals surface area contributed by atoms with Gasteiger partial charge in [-0.05, 0) is 49.3 Å². The Kier molecular flexibility index (Phi) is 11.1. The van der Waals surface area contributed by atoms with Gasteiger partial charge in [0.25, 0.3) is 0 Å². The van der Waals surface area contributed by atoms with E-state index in [1.54, 1.807) is 6.26 Å². The largest absolute Gasteiger partial charge is 0.512 e. The minimum absolute atomic E-state index is 0. The first kappa shape index (κ1) is 37.1. The fourth-order valence-corrected chi connectivity index (χ4v) is 6.01. The van der Waals surface area contributed by atoms with Gasteiger partial charge in [-0.25, -0.2) is 0 Å². The molecule has 3 heterocycles. The van der Waals surface area contributed by atoms with Crippen molar-refractivity contribution in [3.05, 3.63) is 90.5 Å². The summed E-state index contributed by atoms with van der Waals surface area (Å²) in [6.07, 6.45) is 8.31. The number of hydrogen-bond donors (Lipinski definition) is 1. The average molecular weight is 823 g/mol. The van der Waals surface area contributed by atoms with Gasteiger partial charge in [-0.3, -0.25) is 9.78 Å². The van der Waals surface area contributed by atoms with E-state index in [0.29, 0.717) is 0 Å². The first-order valence-electron chi connectivity index (χ1n) is 16.9. The maximum Gasteiger partial charge on any atom is 0.164 e. The number of aliphatic hydroxyl groups excluding tert-OH is 1. The summed E-state index contributed by atoms with van der Waals surface area (Å²) in [5.74, 6) is 0.286. The van der Waals surface area contributed by atoms with Gasteiger partial charge in [0, 0.05) is 71.1 Å². The molecule has 48 heavy (non-hydrogen) atoms. The van der Waals surface area contributed by atoms with Crippen LogP contribution in [0, 0.1) is 16.9 Å². The van der Waals surface area contributed by atoms with Crippen LogP contribution in [0.15, 0.2) is 87.7 Å². The minimum Gasteiger partial charge on any atom is -0.512 e. The van der Waals surface area contributed by atoms with Crippen molar-refractivity contribution in [3.8, 4) is 11.3 Å². The van der Waals surface area contributed by atoms with E-state index in [-0.39, 0.29) is 47.9 Å². The molecule has 3 aromatic carbocycles. The summed E-state index contributed by atoms with van der Waals surface area (Å²) in [5.41, 5.74) is 4.85. The molecule has 5 nitrogen and oxygen atoms in total. The van der Waals surface area contributed by atoms with Gasteiger partial charge in [-0.1, -0.05) is 91.5 Å². The van der Waals surface area contributed by atoms with Crippen LogP contribution in [-0.2, 0) is 30.3 Å². The number of carbonyl (C=O) groups excluding carboxylic acids is 1. The summed E-state index contributed by atoms with van der Waals surface area (Å²) < 4.78 is 11.9. The van der Waals surface area contributed by atoms with Gasteiger partial charge in [-0.15, -0.1) is 29.1 Å². The molecule has 255 valence electrons. The second-order valence-corrected chi connectivity index (χ2v) is 14.3. The number of carbonyl (C=O) groups is 1. The van der Waals surface area contributed by atoms with Gasteiger partial charge in [0.1, 0.15) is 22.5 Å². The average Bonchev–Trinajstić information content (AvgIpc) is 3.69. The Balaban J connectivity index is 0.000000251. The van der Waals surface area contributed by atoms with E-state index in [1.807, 2.05) is 65.9 Å². The van der Waals surface area contributed by atoms with E-state index < -0.39 is 0 Å². The molecule has 1 radical (unpaired) electrons.